The van der Waals surface area contributed by atoms with E-state index in [1.54, 1.807) is 18.2 Å². The van der Waals surface area contributed by atoms with Crippen LogP contribution >= 0.6 is 23.8 Å². The maximum Gasteiger partial charge on any atom is 0.227 e. The molecule has 0 atom stereocenters. The lowest BCUT2D eigenvalue weighted by molar-refractivity contribution is -0.119. The van der Waals surface area contributed by atoms with Crippen molar-refractivity contribution in [3.8, 4) is 11.5 Å². The topological polar surface area (TPSA) is 67.2 Å². The molecule has 0 spiro atoms. The van der Waals surface area contributed by atoms with Crippen molar-refractivity contribution in [2.24, 2.45) is 0 Å². The van der Waals surface area contributed by atoms with Crippen LogP contribution in [0.25, 0.3) is 22.6 Å². The van der Waals surface area contributed by atoms with Crippen molar-refractivity contribution in [1.29, 1.82) is 0 Å². The third-order valence-corrected chi connectivity index (χ3v) is 4.61. The Morgan fingerprint density at radius 1 is 1.30 bits per heavy atom. The largest absolute Gasteiger partial charge is 0.436 e. The lowest BCUT2D eigenvalue weighted by Gasteiger charge is -2.13. The van der Waals surface area contributed by atoms with E-state index in [4.69, 9.17) is 28.2 Å². The highest BCUT2D eigenvalue weighted by molar-refractivity contribution is 7.80. The summed E-state index contributed by atoms with van der Waals surface area (Å²) in [6.07, 6.45) is 2.26. The fourth-order valence-electron chi connectivity index (χ4n) is 2.70. The van der Waals surface area contributed by atoms with Crippen molar-refractivity contribution in [2.75, 3.05) is 5.32 Å². The van der Waals surface area contributed by atoms with E-state index < -0.39 is 0 Å². The quantitative estimate of drug-likeness (QED) is 0.555. The molecule has 0 radical (unpaired) electrons. The number of thiocarbonyl (C=S) groups is 1. The van der Waals surface area contributed by atoms with Crippen LogP contribution in [0.2, 0.25) is 5.02 Å². The summed E-state index contributed by atoms with van der Waals surface area (Å²) in [7, 11) is 0. The molecule has 0 saturated heterocycles. The van der Waals surface area contributed by atoms with Crippen molar-refractivity contribution < 1.29 is 9.21 Å². The zero-order valence-electron chi connectivity index (χ0n) is 15.1. The number of oxazole rings is 1. The monoisotopic (exact) mass is 401 g/mol. The molecule has 27 heavy (non-hydrogen) atoms. The zero-order valence-corrected chi connectivity index (χ0v) is 16.7. The van der Waals surface area contributed by atoms with Gasteiger partial charge in [-0.1, -0.05) is 31.0 Å². The second-order valence-electron chi connectivity index (χ2n) is 6.22. The summed E-state index contributed by atoms with van der Waals surface area (Å²) in [5.41, 5.74) is 3.92. The highest BCUT2D eigenvalue weighted by atomic mass is 35.5. The van der Waals surface area contributed by atoms with E-state index in [0.29, 0.717) is 28.4 Å². The van der Waals surface area contributed by atoms with Gasteiger partial charge in [-0.15, -0.1) is 0 Å². The number of fused-ring (bicyclic) bond motifs is 1. The van der Waals surface area contributed by atoms with Gasteiger partial charge in [-0.2, -0.15) is 0 Å². The van der Waals surface area contributed by atoms with Gasteiger partial charge < -0.3 is 15.1 Å². The summed E-state index contributed by atoms with van der Waals surface area (Å²) in [4.78, 5) is 16.4. The molecule has 0 aliphatic heterocycles. The number of rotatable bonds is 5. The minimum absolute atomic E-state index is 0.0843. The fraction of sp³-hybridized carbons (Fsp3) is 0.250. The van der Waals surface area contributed by atoms with E-state index >= 15 is 0 Å². The molecule has 5 nitrogen and oxygen atoms in total. The molecule has 3 aromatic rings. The first-order valence-electron chi connectivity index (χ1n) is 8.75. The molecule has 0 aliphatic carbocycles. The predicted molar refractivity (Wildman–Crippen MR) is 113 cm³/mol. The summed E-state index contributed by atoms with van der Waals surface area (Å²) in [5.74, 6) is 0.422. The molecule has 0 aliphatic rings. The molecule has 0 unspecified atom stereocenters. The van der Waals surface area contributed by atoms with Gasteiger partial charge in [0.25, 0.3) is 0 Å². The third kappa shape index (κ3) is 4.64. The number of halogens is 1. The van der Waals surface area contributed by atoms with Gasteiger partial charge in [0.15, 0.2) is 10.7 Å². The number of benzene rings is 2. The van der Waals surface area contributed by atoms with Crippen LogP contribution in [0, 0.1) is 6.92 Å². The van der Waals surface area contributed by atoms with Gasteiger partial charge in [-0.25, -0.2) is 4.98 Å². The van der Waals surface area contributed by atoms with Crippen molar-refractivity contribution in [1.82, 2.24) is 10.3 Å². The second-order valence-corrected chi connectivity index (χ2v) is 7.06. The number of hydrogen-bond acceptors (Lipinski definition) is 4. The maximum absolute atomic E-state index is 11.8. The van der Waals surface area contributed by atoms with Gasteiger partial charge in [0.05, 0.1) is 0 Å². The predicted octanol–water partition coefficient (Wildman–Crippen LogP) is 5.46. The normalized spacial score (nSPS) is 10.8. The summed E-state index contributed by atoms with van der Waals surface area (Å²) < 4.78 is 5.86. The van der Waals surface area contributed by atoms with Crippen LogP contribution in [0.5, 0.6) is 0 Å². The first kappa shape index (κ1) is 19.3. The SMILES string of the molecule is CCCCC(=O)NC(=S)Nc1cccc(-c2nc3cc(Cl)ccc3o2)c1C. The van der Waals surface area contributed by atoms with Crippen molar-refractivity contribution >= 4 is 51.6 Å². The summed E-state index contributed by atoms with van der Waals surface area (Å²) in [5, 5.41) is 6.67. The van der Waals surface area contributed by atoms with Gasteiger partial charge in [0, 0.05) is 22.7 Å². The van der Waals surface area contributed by atoms with E-state index in [-0.39, 0.29) is 11.0 Å². The summed E-state index contributed by atoms with van der Waals surface area (Å²) >= 11 is 11.3. The molecule has 140 valence electrons. The zero-order chi connectivity index (χ0) is 19.4. The number of carbonyl (C=O) groups excluding carboxylic acids is 1. The molecular formula is C20H20ClN3O2S. The summed E-state index contributed by atoms with van der Waals surface area (Å²) in [6, 6.07) is 11.0. The van der Waals surface area contributed by atoms with E-state index in [9.17, 15) is 4.79 Å². The molecule has 7 heteroatoms. The van der Waals surface area contributed by atoms with Gasteiger partial charge in [-0.05, 0) is 61.5 Å². The minimum atomic E-state index is -0.0843. The lowest BCUT2D eigenvalue weighted by Crippen LogP contribution is -2.34. The number of amides is 1. The van der Waals surface area contributed by atoms with Crippen LogP contribution in [0.1, 0.15) is 31.7 Å². The maximum atomic E-state index is 11.8. The number of aromatic nitrogens is 1. The number of unbranched alkanes of at least 4 members (excludes halogenated alkanes) is 1. The van der Waals surface area contributed by atoms with E-state index in [1.165, 1.54) is 0 Å². The first-order valence-corrected chi connectivity index (χ1v) is 9.53. The van der Waals surface area contributed by atoms with Crippen LogP contribution in [-0.2, 0) is 4.79 Å². The second kappa shape index (κ2) is 8.50. The van der Waals surface area contributed by atoms with Crippen LogP contribution in [0.3, 0.4) is 0 Å². The van der Waals surface area contributed by atoms with Crippen LogP contribution in [-0.4, -0.2) is 16.0 Å². The van der Waals surface area contributed by atoms with Gasteiger partial charge >= 0.3 is 0 Å². The number of anilines is 1. The average molecular weight is 402 g/mol. The minimum Gasteiger partial charge on any atom is -0.436 e. The Morgan fingerprint density at radius 3 is 2.89 bits per heavy atom. The molecule has 1 heterocycles. The Morgan fingerprint density at radius 2 is 2.11 bits per heavy atom. The fourth-order valence-corrected chi connectivity index (χ4v) is 3.09. The van der Waals surface area contributed by atoms with Gasteiger partial charge in [0.2, 0.25) is 11.8 Å². The Kier molecular flexibility index (Phi) is 6.08. The number of nitrogens with zero attached hydrogens (tertiary/aromatic N) is 1. The molecule has 0 fully saturated rings. The smallest absolute Gasteiger partial charge is 0.227 e. The van der Waals surface area contributed by atoms with Crippen molar-refractivity contribution in [2.45, 2.75) is 33.1 Å². The lowest BCUT2D eigenvalue weighted by atomic mass is 10.1. The Labute approximate surface area is 168 Å². The van der Waals surface area contributed by atoms with Crippen LogP contribution < -0.4 is 10.6 Å². The van der Waals surface area contributed by atoms with E-state index in [2.05, 4.69) is 15.6 Å². The standard InChI is InChI=1S/C20H20ClN3O2S/c1-3-4-8-18(25)24-20(27)23-15-7-5-6-14(12(15)2)19-22-16-11-13(21)9-10-17(16)26-19/h5-7,9-11H,3-4,8H2,1-2H3,(H2,23,24,25,27). The van der Waals surface area contributed by atoms with E-state index in [1.807, 2.05) is 32.0 Å². The van der Waals surface area contributed by atoms with E-state index in [0.717, 1.165) is 29.7 Å². The molecule has 3 rings (SSSR count). The molecule has 2 N–H and O–H groups in total. The van der Waals surface area contributed by atoms with Crippen LogP contribution in [0.4, 0.5) is 5.69 Å². The third-order valence-electron chi connectivity index (χ3n) is 4.17. The van der Waals surface area contributed by atoms with Crippen molar-refractivity contribution in [3.63, 3.8) is 0 Å². The van der Waals surface area contributed by atoms with Gasteiger partial charge in [-0.3, -0.25) is 4.79 Å². The number of hydrogen-bond donors (Lipinski definition) is 2. The van der Waals surface area contributed by atoms with Crippen molar-refractivity contribution in [3.05, 3.63) is 47.0 Å². The Hall–Kier alpha value is -2.44. The highest BCUT2D eigenvalue weighted by Gasteiger charge is 2.14. The van der Waals surface area contributed by atoms with Crippen LogP contribution in [0.15, 0.2) is 40.8 Å². The van der Waals surface area contributed by atoms with Gasteiger partial charge in [0.1, 0.15) is 5.52 Å². The molecule has 0 saturated carbocycles. The average Bonchev–Trinajstić information content (AvgIpc) is 3.04. The molecular weight excluding hydrogens is 382 g/mol. The number of carbonyl (C=O) groups is 1. The molecule has 1 aromatic heterocycles. The molecule has 2 aromatic carbocycles. The Balaban J connectivity index is 1.81. The highest BCUT2D eigenvalue weighted by Crippen LogP contribution is 2.31. The first-order chi connectivity index (χ1) is 13.0. The summed E-state index contributed by atoms with van der Waals surface area (Å²) in [6.45, 7) is 3.99. The number of nitrogens with one attached hydrogen (secondary N) is 2. The Bertz CT molecular complexity index is 1000. The molecule has 0 bridgehead atoms. The molecule has 1 amide bonds.